The second-order valence-corrected chi connectivity index (χ2v) is 8.61. The van der Waals surface area contributed by atoms with Gasteiger partial charge in [-0.15, -0.1) is 0 Å². The van der Waals surface area contributed by atoms with Gasteiger partial charge >= 0.3 is 0 Å². The smallest absolute Gasteiger partial charge is 0.140 e. The summed E-state index contributed by atoms with van der Waals surface area (Å²) >= 11 is 0. The van der Waals surface area contributed by atoms with Crippen LogP contribution >= 0.6 is 0 Å². The fraction of sp³-hybridized carbons (Fsp3) is 0.750. The molecule has 0 aromatic rings. The molecule has 3 rings (SSSR count). The molecule has 4 atom stereocenters. The molecule has 1 nitrogen and oxygen atoms in total. The topological polar surface area (TPSA) is 17.1 Å². The van der Waals surface area contributed by atoms with Crippen LogP contribution in [0.3, 0.4) is 0 Å². The molecule has 0 aromatic carbocycles. The third-order valence-corrected chi connectivity index (χ3v) is 6.74. The molecule has 1 heteroatoms. The zero-order valence-electron chi connectivity index (χ0n) is 14.3. The van der Waals surface area contributed by atoms with Crippen molar-refractivity contribution in [1.82, 2.24) is 0 Å². The van der Waals surface area contributed by atoms with Gasteiger partial charge in [0.2, 0.25) is 0 Å². The van der Waals surface area contributed by atoms with Crippen molar-refractivity contribution in [1.29, 1.82) is 0 Å². The Morgan fingerprint density at radius 3 is 2.57 bits per heavy atom. The van der Waals surface area contributed by atoms with Crippen LogP contribution < -0.4 is 0 Å². The molecule has 0 aliphatic heterocycles. The minimum absolute atomic E-state index is 0.109. The highest BCUT2D eigenvalue weighted by Gasteiger charge is 2.58. The summed E-state index contributed by atoms with van der Waals surface area (Å²) in [5.74, 6) is 2.25. The second kappa shape index (κ2) is 4.83. The van der Waals surface area contributed by atoms with Gasteiger partial charge in [-0.25, -0.2) is 0 Å². The number of hydrogen-bond acceptors (Lipinski definition) is 1. The van der Waals surface area contributed by atoms with Gasteiger partial charge in [-0.05, 0) is 55.8 Å². The highest BCUT2D eigenvalue weighted by atomic mass is 16.1. The van der Waals surface area contributed by atoms with E-state index in [9.17, 15) is 4.79 Å². The molecule has 1 unspecified atom stereocenters. The maximum Gasteiger partial charge on any atom is 0.140 e. The SMILES string of the molecule is CC1=CC[C@]2(C)CC(=O)[C@]3(C)CC=C(C(C)C)C3[C@H]2CC1. The van der Waals surface area contributed by atoms with E-state index >= 15 is 0 Å². The van der Waals surface area contributed by atoms with Crippen molar-refractivity contribution >= 4 is 5.78 Å². The van der Waals surface area contributed by atoms with Gasteiger partial charge in [0.1, 0.15) is 5.78 Å². The molecule has 0 spiro atoms. The van der Waals surface area contributed by atoms with Crippen LogP contribution in [0.2, 0.25) is 0 Å². The summed E-state index contributed by atoms with van der Waals surface area (Å²) in [7, 11) is 0. The van der Waals surface area contributed by atoms with Crippen LogP contribution in [0.5, 0.6) is 0 Å². The summed E-state index contributed by atoms with van der Waals surface area (Å²) in [6.45, 7) is 11.5. The lowest BCUT2D eigenvalue weighted by Crippen LogP contribution is -2.51. The van der Waals surface area contributed by atoms with Gasteiger partial charge in [0, 0.05) is 11.8 Å². The molecule has 0 aromatic heterocycles. The van der Waals surface area contributed by atoms with E-state index in [1.165, 1.54) is 18.4 Å². The van der Waals surface area contributed by atoms with E-state index in [0.717, 1.165) is 19.3 Å². The van der Waals surface area contributed by atoms with E-state index in [4.69, 9.17) is 0 Å². The number of allylic oxidation sites excluding steroid dienone is 4. The largest absolute Gasteiger partial charge is 0.299 e. The summed E-state index contributed by atoms with van der Waals surface area (Å²) in [5, 5.41) is 0. The van der Waals surface area contributed by atoms with E-state index in [1.54, 1.807) is 5.57 Å². The maximum atomic E-state index is 13.0. The van der Waals surface area contributed by atoms with Crippen molar-refractivity contribution in [3.05, 3.63) is 23.3 Å². The Labute approximate surface area is 129 Å². The average molecular weight is 286 g/mol. The number of hydrogen-bond donors (Lipinski definition) is 0. The highest BCUT2D eigenvalue weighted by molar-refractivity contribution is 5.88. The predicted molar refractivity (Wildman–Crippen MR) is 88.0 cm³/mol. The molecule has 0 N–H and O–H groups in total. The summed E-state index contributed by atoms with van der Waals surface area (Å²) in [6.07, 6.45) is 10.1. The number of ketones is 1. The second-order valence-electron chi connectivity index (χ2n) is 8.61. The Bertz CT molecular complexity index is 524. The first-order valence-corrected chi connectivity index (χ1v) is 8.67. The Balaban J connectivity index is 2.05. The van der Waals surface area contributed by atoms with Crippen LogP contribution in [0.1, 0.15) is 66.7 Å². The predicted octanol–water partition coefficient (Wildman–Crippen LogP) is 5.32. The first-order valence-electron chi connectivity index (χ1n) is 8.67. The van der Waals surface area contributed by atoms with Gasteiger partial charge < -0.3 is 0 Å². The summed E-state index contributed by atoms with van der Waals surface area (Å²) in [5.41, 5.74) is 3.16. The zero-order chi connectivity index (χ0) is 15.4. The zero-order valence-corrected chi connectivity index (χ0v) is 14.3. The van der Waals surface area contributed by atoms with Crippen LogP contribution in [0.4, 0.5) is 0 Å². The maximum absolute atomic E-state index is 13.0. The molecular formula is C20H30O. The quantitative estimate of drug-likeness (QED) is 0.596. The average Bonchev–Trinajstić information content (AvgIpc) is 2.69. The van der Waals surface area contributed by atoms with Crippen molar-refractivity contribution in [3.63, 3.8) is 0 Å². The lowest BCUT2D eigenvalue weighted by atomic mass is 9.50. The van der Waals surface area contributed by atoms with Crippen molar-refractivity contribution in [2.45, 2.75) is 66.7 Å². The van der Waals surface area contributed by atoms with Crippen molar-refractivity contribution < 1.29 is 4.79 Å². The van der Waals surface area contributed by atoms with Crippen LogP contribution in [-0.2, 0) is 4.79 Å². The van der Waals surface area contributed by atoms with Gasteiger partial charge in [0.25, 0.3) is 0 Å². The molecule has 3 aliphatic carbocycles. The molecule has 1 fully saturated rings. The molecule has 3 aliphatic rings. The molecule has 0 bridgehead atoms. The summed E-state index contributed by atoms with van der Waals surface area (Å²) < 4.78 is 0. The van der Waals surface area contributed by atoms with E-state index in [0.29, 0.717) is 23.5 Å². The summed E-state index contributed by atoms with van der Waals surface area (Å²) in [4.78, 5) is 13.0. The third-order valence-electron chi connectivity index (χ3n) is 6.74. The Morgan fingerprint density at radius 2 is 1.90 bits per heavy atom. The number of fused-ring (bicyclic) bond motifs is 3. The number of carbonyl (C=O) groups excluding carboxylic acids is 1. The van der Waals surface area contributed by atoms with E-state index < -0.39 is 0 Å². The number of Topliss-reactive ketones (excluding diaryl/α,β-unsaturated/α-hetero) is 1. The fourth-order valence-electron chi connectivity index (χ4n) is 5.24. The van der Waals surface area contributed by atoms with Gasteiger partial charge in [-0.3, -0.25) is 4.79 Å². The van der Waals surface area contributed by atoms with Gasteiger partial charge in [-0.1, -0.05) is 51.0 Å². The van der Waals surface area contributed by atoms with Gasteiger partial charge in [0.15, 0.2) is 0 Å². The third kappa shape index (κ3) is 2.15. The van der Waals surface area contributed by atoms with E-state index in [-0.39, 0.29) is 10.8 Å². The van der Waals surface area contributed by atoms with Crippen LogP contribution in [0.25, 0.3) is 0 Å². The number of rotatable bonds is 1. The van der Waals surface area contributed by atoms with Gasteiger partial charge in [0.05, 0.1) is 0 Å². The molecule has 1 saturated carbocycles. The fourth-order valence-corrected chi connectivity index (χ4v) is 5.24. The van der Waals surface area contributed by atoms with Crippen molar-refractivity contribution in [2.24, 2.45) is 28.6 Å². The molecule has 116 valence electrons. The standard InChI is InChI=1S/C20H30O/c1-13(2)15-9-11-20(5)17(21)12-19(4)10-8-14(3)6-7-16(19)18(15)20/h8-9,13,16,18H,6-7,10-12H2,1-5H3/t16-,18?,19-,20+/m1/s1. The Kier molecular flexibility index (Phi) is 3.46. The van der Waals surface area contributed by atoms with Crippen LogP contribution in [-0.4, -0.2) is 5.78 Å². The molecule has 0 saturated heterocycles. The number of carbonyl (C=O) groups is 1. The molecule has 21 heavy (non-hydrogen) atoms. The van der Waals surface area contributed by atoms with Crippen LogP contribution in [0, 0.1) is 28.6 Å². The van der Waals surface area contributed by atoms with E-state index in [2.05, 4.69) is 46.8 Å². The molecule has 0 heterocycles. The monoisotopic (exact) mass is 286 g/mol. The lowest BCUT2D eigenvalue weighted by molar-refractivity contribution is -0.142. The Hall–Kier alpha value is -0.850. The lowest BCUT2D eigenvalue weighted by Gasteiger charge is -2.52. The highest BCUT2D eigenvalue weighted by Crippen LogP contribution is 2.62. The molecular weight excluding hydrogens is 256 g/mol. The minimum Gasteiger partial charge on any atom is -0.299 e. The van der Waals surface area contributed by atoms with Crippen molar-refractivity contribution in [3.8, 4) is 0 Å². The Morgan fingerprint density at radius 1 is 1.19 bits per heavy atom. The van der Waals surface area contributed by atoms with Crippen LogP contribution in [0.15, 0.2) is 23.3 Å². The van der Waals surface area contributed by atoms with Gasteiger partial charge in [-0.2, -0.15) is 0 Å². The van der Waals surface area contributed by atoms with Crippen molar-refractivity contribution in [2.75, 3.05) is 0 Å². The molecule has 0 radical (unpaired) electrons. The first kappa shape index (κ1) is 15.1. The summed E-state index contributed by atoms with van der Waals surface area (Å²) in [6, 6.07) is 0. The molecule has 0 amide bonds. The normalized spacial score (nSPS) is 43.0. The minimum atomic E-state index is -0.109. The van der Waals surface area contributed by atoms with E-state index in [1.807, 2.05) is 0 Å². The first-order chi connectivity index (χ1) is 9.78.